The number of halogens is 3. The highest BCUT2D eigenvalue weighted by Gasteiger charge is 2.31. The zero-order valence-corrected chi connectivity index (χ0v) is 17.6. The smallest absolute Gasteiger partial charge is 0.406 e. The van der Waals surface area contributed by atoms with Crippen molar-refractivity contribution in [3.05, 3.63) is 61.1 Å². The van der Waals surface area contributed by atoms with Crippen molar-refractivity contribution < 1.29 is 17.9 Å². The van der Waals surface area contributed by atoms with Crippen molar-refractivity contribution in [3.63, 3.8) is 0 Å². The van der Waals surface area contributed by atoms with Crippen molar-refractivity contribution in [2.24, 2.45) is 0 Å². The Morgan fingerprint density at radius 1 is 1.03 bits per heavy atom. The molecule has 0 unspecified atom stereocenters. The molecule has 0 spiro atoms. The second-order valence-corrected chi connectivity index (χ2v) is 7.55. The number of nitrogens with zero attached hydrogens (tertiary/aromatic N) is 3. The number of hydrogen-bond donors (Lipinski definition) is 2. The van der Waals surface area contributed by atoms with E-state index in [0.717, 1.165) is 46.4 Å². The van der Waals surface area contributed by atoms with E-state index in [1.165, 1.54) is 12.1 Å². The molecule has 0 fully saturated rings. The molecule has 32 heavy (non-hydrogen) atoms. The van der Waals surface area contributed by atoms with Gasteiger partial charge in [0.05, 0.1) is 18.1 Å². The number of fused-ring (bicyclic) bond motifs is 1. The van der Waals surface area contributed by atoms with E-state index in [9.17, 15) is 13.2 Å². The Labute approximate surface area is 183 Å². The zero-order valence-electron chi connectivity index (χ0n) is 17.6. The molecule has 4 rings (SSSR count). The number of hydrogen-bond acceptors (Lipinski definition) is 5. The summed E-state index contributed by atoms with van der Waals surface area (Å²) in [6.07, 6.45) is 0.505. The Hall–Kier alpha value is -3.59. The molecule has 9 heteroatoms. The third kappa shape index (κ3) is 5.17. The van der Waals surface area contributed by atoms with Gasteiger partial charge in [0.2, 0.25) is 0 Å². The number of nitrogens with one attached hydrogen (secondary N) is 2. The Morgan fingerprint density at radius 3 is 2.50 bits per heavy atom. The lowest BCUT2D eigenvalue weighted by Gasteiger charge is -2.11. The van der Waals surface area contributed by atoms with Crippen LogP contribution in [0.5, 0.6) is 5.75 Å². The van der Waals surface area contributed by atoms with E-state index in [1.54, 1.807) is 24.5 Å². The van der Waals surface area contributed by atoms with Crippen molar-refractivity contribution in [1.29, 1.82) is 0 Å². The first-order valence-corrected chi connectivity index (χ1v) is 9.97. The monoisotopic (exact) mass is 441 g/mol. The molecule has 0 aliphatic carbocycles. The molecule has 0 bridgehead atoms. The minimum Gasteiger partial charge on any atom is -0.406 e. The molecule has 0 radical (unpaired) electrons. The summed E-state index contributed by atoms with van der Waals surface area (Å²) in [6, 6.07) is 11.7. The van der Waals surface area contributed by atoms with Crippen LogP contribution in [0.1, 0.15) is 0 Å². The van der Waals surface area contributed by atoms with Crippen LogP contribution < -0.4 is 10.1 Å². The van der Waals surface area contributed by atoms with Gasteiger partial charge in [0, 0.05) is 41.3 Å². The molecule has 0 aliphatic rings. The van der Waals surface area contributed by atoms with Gasteiger partial charge < -0.3 is 19.9 Å². The Balaban J connectivity index is 1.61. The third-order valence-electron chi connectivity index (χ3n) is 4.88. The van der Waals surface area contributed by atoms with E-state index >= 15 is 0 Å². The number of anilines is 1. The molecule has 0 atom stereocenters. The predicted octanol–water partition coefficient (Wildman–Crippen LogP) is 5.16. The highest BCUT2D eigenvalue weighted by atomic mass is 19.4. The Morgan fingerprint density at radius 2 is 1.78 bits per heavy atom. The summed E-state index contributed by atoms with van der Waals surface area (Å²) in [7, 11) is 4.01. The first kappa shape index (κ1) is 21.6. The molecule has 0 amide bonds. The van der Waals surface area contributed by atoms with Crippen LogP contribution in [0.2, 0.25) is 0 Å². The van der Waals surface area contributed by atoms with Crippen molar-refractivity contribution in [2.75, 3.05) is 32.5 Å². The first-order chi connectivity index (χ1) is 15.3. The van der Waals surface area contributed by atoms with Gasteiger partial charge in [0.25, 0.3) is 0 Å². The third-order valence-corrected chi connectivity index (χ3v) is 4.88. The molecular formula is C23H22F3N5O. The predicted molar refractivity (Wildman–Crippen MR) is 118 cm³/mol. The van der Waals surface area contributed by atoms with Crippen LogP contribution in [0.3, 0.4) is 0 Å². The van der Waals surface area contributed by atoms with E-state index in [2.05, 4.69) is 29.9 Å². The molecule has 4 aromatic rings. The van der Waals surface area contributed by atoms with Crippen LogP contribution in [0.15, 0.2) is 61.1 Å². The van der Waals surface area contributed by atoms with Gasteiger partial charge in [-0.25, -0.2) is 4.98 Å². The van der Waals surface area contributed by atoms with E-state index in [1.807, 2.05) is 38.5 Å². The van der Waals surface area contributed by atoms with Gasteiger partial charge in [-0.05, 0) is 43.9 Å². The maximum atomic E-state index is 12.4. The van der Waals surface area contributed by atoms with Gasteiger partial charge in [0.15, 0.2) is 0 Å². The maximum absolute atomic E-state index is 12.4. The van der Waals surface area contributed by atoms with E-state index in [-0.39, 0.29) is 5.75 Å². The zero-order chi connectivity index (χ0) is 22.7. The lowest BCUT2D eigenvalue weighted by atomic mass is 10.0. The van der Waals surface area contributed by atoms with Gasteiger partial charge in [-0.2, -0.15) is 0 Å². The maximum Gasteiger partial charge on any atom is 0.573 e. The molecule has 2 aromatic heterocycles. The Bertz CT molecular complexity index is 1200. The molecule has 6 nitrogen and oxygen atoms in total. The number of ether oxygens (including phenoxy) is 1. The van der Waals surface area contributed by atoms with Crippen LogP contribution in [0, 0.1) is 0 Å². The minimum atomic E-state index is -4.71. The number of rotatable bonds is 7. The minimum absolute atomic E-state index is 0.254. The van der Waals surface area contributed by atoms with Gasteiger partial charge in [0.1, 0.15) is 11.6 Å². The van der Waals surface area contributed by atoms with E-state index < -0.39 is 6.36 Å². The van der Waals surface area contributed by atoms with E-state index in [4.69, 9.17) is 0 Å². The SMILES string of the molecule is CN(C)CCNc1cncc(-c2ccc3[nH]cc(-c4ccc(OC(F)(F)F)cc4)c3c2)n1. The highest BCUT2D eigenvalue weighted by molar-refractivity contribution is 5.97. The van der Waals surface area contributed by atoms with Gasteiger partial charge in [-0.3, -0.25) is 4.98 Å². The van der Waals surface area contributed by atoms with Crippen molar-refractivity contribution in [3.8, 4) is 28.1 Å². The van der Waals surface area contributed by atoms with Gasteiger partial charge >= 0.3 is 6.36 Å². The summed E-state index contributed by atoms with van der Waals surface area (Å²) >= 11 is 0. The fourth-order valence-electron chi connectivity index (χ4n) is 3.35. The second kappa shape index (κ2) is 8.88. The van der Waals surface area contributed by atoms with Gasteiger partial charge in [-0.15, -0.1) is 13.2 Å². The number of aromatic amines is 1. The lowest BCUT2D eigenvalue weighted by molar-refractivity contribution is -0.274. The molecule has 2 N–H and O–H groups in total. The molecule has 2 aromatic carbocycles. The molecule has 2 heterocycles. The quantitative estimate of drug-likeness (QED) is 0.415. The fraction of sp³-hybridized carbons (Fsp3) is 0.217. The number of likely N-dealkylation sites (N-methyl/N-ethyl adjacent to an activating group) is 1. The Kier molecular flexibility index (Phi) is 6.00. The van der Waals surface area contributed by atoms with Crippen LogP contribution in [-0.4, -0.2) is 53.4 Å². The largest absolute Gasteiger partial charge is 0.573 e. The molecule has 166 valence electrons. The molecular weight excluding hydrogens is 419 g/mol. The molecule has 0 saturated heterocycles. The first-order valence-electron chi connectivity index (χ1n) is 9.97. The molecule has 0 saturated carbocycles. The number of alkyl halides is 3. The van der Waals surface area contributed by atoms with E-state index in [0.29, 0.717) is 5.82 Å². The van der Waals surface area contributed by atoms with Crippen molar-refractivity contribution >= 4 is 16.7 Å². The fourth-order valence-corrected chi connectivity index (χ4v) is 3.35. The summed E-state index contributed by atoms with van der Waals surface area (Å²) in [5.41, 5.74) is 4.16. The summed E-state index contributed by atoms with van der Waals surface area (Å²) in [5.74, 6) is 0.439. The van der Waals surface area contributed by atoms with Crippen molar-refractivity contribution in [2.45, 2.75) is 6.36 Å². The lowest BCUT2D eigenvalue weighted by Crippen LogP contribution is -2.21. The number of H-pyrrole nitrogens is 1. The average molecular weight is 441 g/mol. The normalized spacial score (nSPS) is 11.8. The highest BCUT2D eigenvalue weighted by Crippen LogP contribution is 2.33. The molecule has 0 aliphatic heterocycles. The second-order valence-electron chi connectivity index (χ2n) is 7.55. The standard InChI is InChI=1S/C23H22F3N5O/c1-31(2)10-9-28-22-14-27-13-21(30-22)16-5-8-20-18(11-16)19(12-29-20)15-3-6-17(7-4-15)32-23(24,25)26/h3-8,11-14,29H,9-10H2,1-2H3,(H,28,30). The summed E-state index contributed by atoms with van der Waals surface area (Å²) < 4.78 is 41.2. The van der Waals surface area contributed by atoms with Crippen LogP contribution in [0.25, 0.3) is 33.3 Å². The number of benzene rings is 2. The van der Waals surface area contributed by atoms with Gasteiger partial charge in [-0.1, -0.05) is 18.2 Å². The summed E-state index contributed by atoms with van der Waals surface area (Å²) in [5, 5.41) is 4.19. The number of aromatic nitrogens is 3. The summed E-state index contributed by atoms with van der Waals surface area (Å²) in [4.78, 5) is 14.2. The van der Waals surface area contributed by atoms with Crippen LogP contribution >= 0.6 is 0 Å². The van der Waals surface area contributed by atoms with Crippen LogP contribution in [-0.2, 0) is 0 Å². The van der Waals surface area contributed by atoms with Crippen LogP contribution in [0.4, 0.5) is 19.0 Å². The topological polar surface area (TPSA) is 66.1 Å². The summed E-state index contributed by atoms with van der Waals surface area (Å²) in [6.45, 7) is 1.62. The van der Waals surface area contributed by atoms with Crippen molar-refractivity contribution in [1.82, 2.24) is 19.9 Å². The average Bonchev–Trinajstić information content (AvgIpc) is 3.16.